The third-order valence-electron chi connectivity index (χ3n) is 2.91. The summed E-state index contributed by atoms with van der Waals surface area (Å²) in [4.78, 5) is 0. The summed E-state index contributed by atoms with van der Waals surface area (Å²) in [5, 5.41) is 0. The molecule has 0 aliphatic heterocycles. The molecule has 1 aliphatic rings. The first kappa shape index (κ1) is 12.2. The molecule has 2 N–H and O–H groups in total. The van der Waals surface area contributed by atoms with Crippen molar-refractivity contribution in [1.82, 2.24) is 0 Å². The van der Waals surface area contributed by atoms with E-state index in [1.54, 1.807) is 6.07 Å². The Balaban J connectivity index is 2.15. The second-order valence-corrected chi connectivity index (χ2v) is 4.31. The molecule has 0 heterocycles. The topological polar surface area (TPSA) is 35.2 Å². The molecule has 17 heavy (non-hydrogen) atoms. The van der Waals surface area contributed by atoms with Crippen LogP contribution in [0.1, 0.15) is 24.8 Å². The van der Waals surface area contributed by atoms with E-state index in [1.807, 2.05) is 0 Å². The number of ether oxygens (including phenoxy) is 1. The molecule has 0 radical (unpaired) electrons. The van der Waals surface area contributed by atoms with E-state index in [4.69, 9.17) is 10.5 Å². The molecular formula is C12H14F3NO. The Hall–Kier alpha value is -1.23. The van der Waals surface area contributed by atoms with Gasteiger partial charge in [0.25, 0.3) is 0 Å². The van der Waals surface area contributed by atoms with Crippen molar-refractivity contribution in [2.45, 2.75) is 37.6 Å². The van der Waals surface area contributed by atoms with Crippen LogP contribution in [-0.2, 0) is 6.18 Å². The van der Waals surface area contributed by atoms with Crippen LogP contribution in [0.2, 0.25) is 0 Å². The molecule has 2 nitrogen and oxygen atoms in total. The number of alkyl halides is 3. The minimum Gasteiger partial charge on any atom is -0.490 e. The predicted octanol–water partition coefficient (Wildman–Crippen LogP) is 2.96. The van der Waals surface area contributed by atoms with Gasteiger partial charge in [0.15, 0.2) is 0 Å². The predicted molar refractivity (Wildman–Crippen MR) is 57.7 cm³/mol. The monoisotopic (exact) mass is 245 g/mol. The fourth-order valence-corrected chi connectivity index (χ4v) is 2.06. The number of halogens is 3. The van der Waals surface area contributed by atoms with Gasteiger partial charge in [-0.25, -0.2) is 0 Å². The average Bonchev–Trinajstić information content (AvgIpc) is 2.63. The summed E-state index contributed by atoms with van der Waals surface area (Å²) in [6.45, 7) is 0. The van der Waals surface area contributed by atoms with Gasteiger partial charge in [-0.15, -0.1) is 0 Å². The molecule has 0 bridgehead atoms. The first-order chi connectivity index (χ1) is 7.97. The van der Waals surface area contributed by atoms with Gasteiger partial charge in [0.05, 0.1) is 5.56 Å². The number of hydrogen-bond acceptors (Lipinski definition) is 2. The summed E-state index contributed by atoms with van der Waals surface area (Å²) >= 11 is 0. The van der Waals surface area contributed by atoms with Gasteiger partial charge in [-0.1, -0.05) is 12.1 Å². The first-order valence-electron chi connectivity index (χ1n) is 5.55. The molecule has 0 saturated heterocycles. The highest BCUT2D eigenvalue weighted by Gasteiger charge is 2.35. The van der Waals surface area contributed by atoms with E-state index >= 15 is 0 Å². The maximum Gasteiger partial charge on any atom is 0.419 e. The highest BCUT2D eigenvalue weighted by atomic mass is 19.4. The molecule has 1 aromatic rings. The maximum absolute atomic E-state index is 12.7. The van der Waals surface area contributed by atoms with Crippen LogP contribution in [0.25, 0.3) is 0 Å². The van der Waals surface area contributed by atoms with Gasteiger partial charge >= 0.3 is 6.18 Å². The molecule has 1 aromatic carbocycles. The Morgan fingerprint density at radius 3 is 2.47 bits per heavy atom. The molecule has 2 atom stereocenters. The third kappa shape index (κ3) is 2.91. The fraction of sp³-hybridized carbons (Fsp3) is 0.500. The maximum atomic E-state index is 12.7. The lowest BCUT2D eigenvalue weighted by molar-refractivity contribution is -0.139. The van der Waals surface area contributed by atoms with Gasteiger partial charge in [-0.3, -0.25) is 0 Å². The van der Waals surface area contributed by atoms with Crippen LogP contribution in [0.3, 0.4) is 0 Å². The lowest BCUT2D eigenvalue weighted by Gasteiger charge is -2.17. The molecular weight excluding hydrogens is 231 g/mol. The molecule has 94 valence electrons. The summed E-state index contributed by atoms with van der Waals surface area (Å²) in [5.41, 5.74) is 4.98. The minimum absolute atomic E-state index is 0.0399. The molecule has 2 rings (SSSR count). The Labute approximate surface area is 97.6 Å². The van der Waals surface area contributed by atoms with Crippen LogP contribution < -0.4 is 10.5 Å². The van der Waals surface area contributed by atoms with Crippen molar-refractivity contribution < 1.29 is 17.9 Å². The SMILES string of the molecule is NC1CCC(Oc2ccccc2C(F)(F)F)C1. The van der Waals surface area contributed by atoms with Crippen molar-refractivity contribution in [1.29, 1.82) is 0 Å². The minimum atomic E-state index is -4.38. The van der Waals surface area contributed by atoms with Crippen molar-refractivity contribution in [2.24, 2.45) is 5.73 Å². The first-order valence-corrected chi connectivity index (χ1v) is 5.55. The van der Waals surface area contributed by atoms with E-state index in [1.165, 1.54) is 12.1 Å². The van der Waals surface area contributed by atoms with Gasteiger partial charge in [0.1, 0.15) is 11.9 Å². The van der Waals surface area contributed by atoms with Gasteiger partial charge in [-0.2, -0.15) is 13.2 Å². The van der Waals surface area contributed by atoms with Crippen molar-refractivity contribution in [3.63, 3.8) is 0 Å². The second-order valence-electron chi connectivity index (χ2n) is 4.31. The van der Waals surface area contributed by atoms with Crippen LogP contribution in [-0.4, -0.2) is 12.1 Å². The van der Waals surface area contributed by atoms with Gasteiger partial charge < -0.3 is 10.5 Å². The molecule has 0 spiro atoms. The Morgan fingerprint density at radius 1 is 1.18 bits per heavy atom. The number of para-hydroxylation sites is 1. The largest absolute Gasteiger partial charge is 0.490 e. The molecule has 0 aromatic heterocycles. The van der Waals surface area contributed by atoms with Crippen LogP contribution in [0.4, 0.5) is 13.2 Å². The highest BCUT2D eigenvalue weighted by Crippen LogP contribution is 2.37. The van der Waals surface area contributed by atoms with Crippen LogP contribution >= 0.6 is 0 Å². The summed E-state index contributed by atoms with van der Waals surface area (Å²) < 4.78 is 43.5. The van der Waals surface area contributed by atoms with E-state index < -0.39 is 11.7 Å². The number of benzene rings is 1. The second kappa shape index (κ2) is 4.56. The zero-order chi connectivity index (χ0) is 12.5. The standard InChI is InChI=1S/C12H14F3NO/c13-12(14,15)10-3-1-2-4-11(10)17-9-6-5-8(16)7-9/h1-4,8-9H,5-7,16H2. The Kier molecular flexibility index (Phi) is 3.28. The zero-order valence-corrected chi connectivity index (χ0v) is 9.20. The highest BCUT2D eigenvalue weighted by molar-refractivity contribution is 5.35. The fourth-order valence-electron chi connectivity index (χ4n) is 2.06. The Morgan fingerprint density at radius 2 is 1.88 bits per heavy atom. The summed E-state index contributed by atoms with van der Waals surface area (Å²) in [7, 11) is 0. The number of hydrogen-bond donors (Lipinski definition) is 1. The lowest BCUT2D eigenvalue weighted by atomic mass is 10.2. The summed E-state index contributed by atoms with van der Waals surface area (Å²) in [5.74, 6) is -0.0981. The van der Waals surface area contributed by atoms with E-state index in [-0.39, 0.29) is 17.9 Å². The molecule has 1 saturated carbocycles. The summed E-state index contributed by atoms with van der Waals surface area (Å²) in [6.07, 6.45) is -2.44. The smallest absolute Gasteiger partial charge is 0.419 e. The van der Waals surface area contributed by atoms with Gasteiger partial charge in [0, 0.05) is 6.04 Å². The van der Waals surface area contributed by atoms with E-state index in [2.05, 4.69) is 0 Å². The lowest BCUT2D eigenvalue weighted by Crippen LogP contribution is -2.20. The van der Waals surface area contributed by atoms with E-state index in [0.29, 0.717) is 12.8 Å². The van der Waals surface area contributed by atoms with Gasteiger partial charge in [-0.05, 0) is 31.4 Å². The van der Waals surface area contributed by atoms with Crippen LogP contribution in [0, 0.1) is 0 Å². The van der Waals surface area contributed by atoms with Crippen molar-refractivity contribution in [2.75, 3.05) is 0 Å². The van der Waals surface area contributed by atoms with Crippen molar-refractivity contribution in [3.05, 3.63) is 29.8 Å². The summed E-state index contributed by atoms with van der Waals surface area (Å²) in [6, 6.07) is 5.32. The van der Waals surface area contributed by atoms with Crippen molar-refractivity contribution >= 4 is 0 Å². The quantitative estimate of drug-likeness (QED) is 0.869. The average molecular weight is 245 g/mol. The number of nitrogens with two attached hydrogens (primary N) is 1. The molecule has 1 fully saturated rings. The van der Waals surface area contributed by atoms with Gasteiger partial charge in [0.2, 0.25) is 0 Å². The zero-order valence-electron chi connectivity index (χ0n) is 9.20. The van der Waals surface area contributed by atoms with E-state index in [9.17, 15) is 13.2 Å². The third-order valence-corrected chi connectivity index (χ3v) is 2.91. The molecule has 1 aliphatic carbocycles. The van der Waals surface area contributed by atoms with E-state index in [0.717, 1.165) is 12.5 Å². The van der Waals surface area contributed by atoms with Crippen molar-refractivity contribution in [3.8, 4) is 5.75 Å². The molecule has 0 amide bonds. The van der Waals surface area contributed by atoms with Crippen LogP contribution in [0.5, 0.6) is 5.75 Å². The van der Waals surface area contributed by atoms with Crippen LogP contribution in [0.15, 0.2) is 24.3 Å². The normalized spacial score (nSPS) is 24.9. The molecule has 5 heteroatoms. The Bertz CT molecular complexity index is 392. The number of rotatable bonds is 2. The molecule has 2 unspecified atom stereocenters.